The van der Waals surface area contributed by atoms with E-state index >= 15 is 0 Å². The Morgan fingerprint density at radius 1 is 1.19 bits per heavy atom. The van der Waals surface area contributed by atoms with E-state index in [2.05, 4.69) is 34.7 Å². The van der Waals surface area contributed by atoms with Crippen molar-refractivity contribution in [3.63, 3.8) is 0 Å². The molecule has 0 aliphatic heterocycles. The molecule has 0 aliphatic rings. The summed E-state index contributed by atoms with van der Waals surface area (Å²) in [7, 11) is 0. The summed E-state index contributed by atoms with van der Waals surface area (Å²) in [6, 6.07) is 1.72. The molecule has 3 heterocycles. The Balaban J connectivity index is 1.97. The molecule has 3 aromatic rings. The van der Waals surface area contributed by atoms with Crippen LogP contribution in [0.3, 0.4) is 0 Å². The van der Waals surface area contributed by atoms with E-state index in [-0.39, 0.29) is 0 Å². The molecule has 0 aliphatic carbocycles. The molecule has 0 spiro atoms. The van der Waals surface area contributed by atoms with Crippen molar-refractivity contribution in [2.75, 3.05) is 5.73 Å². The summed E-state index contributed by atoms with van der Waals surface area (Å²) in [5, 5.41) is 12.9. The number of nitrogens with two attached hydrogens (primary N) is 1. The Morgan fingerprint density at radius 3 is 2.62 bits per heavy atom. The fourth-order valence-corrected chi connectivity index (χ4v) is 2.14. The minimum Gasteiger partial charge on any atom is -0.382 e. The number of hydrogen-bond donors (Lipinski definition) is 1. The Hall–Kier alpha value is -2.75. The maximum atomic E-state index is 6.04. The van der Waals surface area contributed by atoms with E-state index in [1.165, 1.54) is 16.2 Å². The number of nitrogen functional groups attached to an aromatic ring is 1. The van der Waals surface area contributed by atoms with Crippen LogP contribution in [0.1, 0.15) is 11.5 Å². The van der Waals surface area contributed by atoms with Crippen LogP contribution in [0, 0.1) is 13.8 Å². The van der Waals surface area contributed by atoms with Gasteiger partial charge in [0.25, 0.3) is 5.95 Å². The largest absolute Gasteiger partial charge is 0.382 e. The molecule has 0 radical (unpaired) electrons. The van der Waals surface area contributed by atoms with Crippen molar-refractivity contribution in [3.8, 4) is 5.95 Å². The smallest absolute Gasteiger partial charge is 0.252 e. The zero-order valence-electron chi connectivity index (χ0n) is 11.3. The number of nitrogens with zero attached hydrogens (tertiary/aromatic N) is 8. The fraction of sp³-hybridized carbons (Fsp3) is 0.182. The minimum absolute atomic E-state index is 0.323. The van der Waals surface area contributed by atoms with Crippen molar-refractivity contribution < 1.29 is 0 Å². The van der Waals surface area contributed by atoms with Crippen molar-refractivity contribution in [2.24, 2.45) is 10.2 Å². The van der Waals surface area contributed by atoms with E-state index in [1.54, 1.807) is 32.3 Å². The van der Waals surface area contributed by atoms with Crippen molar-refractivity contribution in [3.05, 3.63) is 30.0 Å². The van der Waals surface area contributed by atoms with E-state index in [0.29, 0.717) is 34.1 Å². The van der Waals surface area contributed by atoms with Gasteiger partial charge in [0.1, 0.15) is 5.82 Å². The third-order valence-electron chi connectivity index (χ3n) is 2.56. The minimum atomic E-state index is 0.323. The summed E-state index contributed by atoms with van der Waals surface area (Å²) in [4.78, 5) is 12.3. The highest BCUT2D eigenvalue weighted by Crippen LogP contribution is 2.29. The first kappa shape index (κ1) is 13.2. The highest BCUT2D eigenvalue weighted by Gasteiger charge is 2.15. The monoisotopic (exact) mass is 301 g/mol. The van der Waals surface area contributed by atoms with E-state index in [9.17, 15) is 0 Å². The van der Waals surface area contributed by atoms with Crippen LogP contribution in [0.5, 0.6) is 0 Å². The van der Waals surface area contributed by atoms with Crippen LogP contribution in [-0.2, 0) is 0 Å². The molecular formula is C11H11N9S. The summed E-state index contributed by atoms with van der Waals surface area (Å²) < 4.78 is 5.46. The van der Waals surface area contributed by atoms with Crippen LogP contribution in [0.15, 0.2) is 28.7 Å². The standard InChI is InChI=1S/C11H11N9S/c1-6-8(16-17-11-15-7(2)19-21-11)9(12)20(18-6)10-13-4-3-5-14-10/h3-5H,12H2,1-2H3/b17-16+. The van der Waals surface area contributed by atoms with Gasteiger partial charge in [-0.3, -0.25) is 0 Å². The second kappa shape index (κ2) is 5.32. The molecule has 10 heteroatoms. The average molecular weight is 301 g/mol. The zero-order chi connectivity index (χ0) is 14.8. The molecule has 0 saturated heterocycles. The second-order valence-electron chi connectivity index (χ2n) is 4.10. The molecule has 0 bridgehead atoms. The Kier molecular flexibility index (Phi) is 3.36. The predicted octanol–water partition coefficient (Wildman–Crippen LogP) is 2.13. The molecule has 3 aromatic heterocycles. The molecule has 106 valence electrons. The summed E-state index contributed by atoms with van der Waals surface area (Å²) in [6.07, 6.45) is 3.23. The summed E-state index contributed by atoms with van der Waals surface area (Å²) >= 11 is 1.17. The maximum absolute atomic E-state index is 6.04. The Bertz CT molecular complexity index is 789. The van der Waals surface area contributed by atoms with E-state index < -0.39 is 0 Å². The highest BCUT2D eigenvalue weighted by atomic mass is 32.1. The molecule has 0 atom stereocenters. The van der Waals surface area contributed by atoms with Gasteiger partial charge in [0, 0.05) is 23.9 Å². The first-order valence-electron chi connectivity index (χ1n) is 5.99. The number of anilines is 1. The van der Waals surface area contributed by atoms with Crippen molar-refractivity contribution in [1.82, 2.24) is 29.1 Å². The third-order valence-corrected chi connectivity index (χ3v) is 3.25. The van der Waals surface area contributed by atoms with Gasteiger partial charge in [-0.05, 0) is 19.9 Å². The number of aryl methyl sites for hydroxylation is 2. The van der Waals surface area contributed by atoms with Crippen LogP contribution >= 0.6 is 11.5 Å². The Morgan fingerprint density at radius 2 is 1.95 bits per heavy atom. The normalized spacial score (nSPS) is 11.3. The lowest BCUT2D eigenvalue weighted by Gasteiger charge is -1.99. The highest BCUT2D eigenvalue weighted by molar-refractivity contribution is 7.09. The van der Waals surface area contributed by atoms with Crippen LogP contribution in [0.25, 0.3) is 5.95 Å². The predicted molar refractivity (Wildman–Crippen MR) is 77.1 cm³/mol. The quantitative estimate of drug-likeness (QED) is 0.740. The molecule has 0 saturated carbocycles. The summed E-state index contributed by atoms with van der Waals surface area (Å²) in [5.41, 5.74) is 7.14. The van der Waals surface area contributed by atoms with Gasteiger partial charge in [-0.25, -0.2) is 15.0 Å². The second-order valence-corrected chi connectivity index (χ2v) is 4.83. The lowest BCUT2D eigenvalue weighted by atomic mass is 10.4. The topological polar surface area (TPSA) is 120 Å². The van der Waals surface area contributed by atoms with Gasteiger partial charge in [-0.2, -0.15) is 14.2 Å². The van der Waals surface area contributed by atoms with E-state index in [4.69, 9.17) is 5.73 Å². The van der Waals surface area contributed by atoms with Crippen LogP contribution < -0.4 is 5.73 Å². The number of azo groups is 1. The van der Waals surface area contributed by atoms with Crippen molar-refractivity contribution in [2.45, 2.75) is 13.8 Å². The first-order valence-corrected chi connectivity index (χ1v) is 6.77. The SMILES string of the molecule is Cc1nsc(/N=N/c2c(C)nn(-c3ncccn3)c2N)n1. The van der Waals surface area contributed by atoms with Crippen molar-refractivity contribution in [1.29, 1.82) is 0 Å². The van der Waals surface area contributed by atoms with Gasteiger partial charge in [-0.1, -0.05) is 0 Å². The average Bonchev–Trinajstić information content (AvgIpc) is 3.02. The molecule has 0 fully saturated rings. The van der Waals surface area contributed by atoms with Gasteiger partial charge >= 0.3 is 0 Å². The van der Waals surface area contributed by atoms with Crippen LogP contribution in [0.2, 0.25) is 0 Å². The number of hydrogen-bond acceptors (Lipinski definition) is 9. The first-order chi connectivity index (χ1) is 10.1. The maximum Gasteiger partial charge on any atom is 0.252 e. The molecule has 9 nitrogen and oxygen atoms in total. The number of rotatable bonds is 3. The lowest BCUT2D eigenvalue weighted by Crippen LogP contribution is -2.05. The molecule has 3 rings (SSSR count). The van der Waals surface area contributed by atoms with Gasteiger partial charge in [0.2, 0.25) is 5.13 Å². The van der Waals surface area contributed by atoms with Crippen LogP contribution in [-0.4, -0.2) is 29.1 Å². The van der Waals surface area contributed by atoms with Crippen molar-refractivity contribution >= 4 is 28.2 Å². The van der Waals surface area contributed by atoms with Gasteiger partial charge < -0.3 is 5.73 Å². The summed E-state index contributed by atoms with van der Waals surface area (Å²) in [6.45, 7) is 3.58. The molecule has 0 unspecified atom stereocenters. The van der Waals surface area contributed by atoms with Crippen LogP contribution in [0.4, 0.5) is 16.6 Å². The van der Waals surface area contributed by atoms with Gasteiger partial charge in [-0.15, -0.1) is 10.2 Å². The fourth-order valence-electron chi connectivity index (χ4n) is 1.63. The molecule has 0 amide bonds. The van der Waals surface area contributed by atoms with Gasteiger partial charge in [0.05, 0.1) is 5.69 Å². The van der Waals surface area contributed by atoms with E-state index in [1.807, 2.05) is 0 Å². The van der Waals surface area contributed by atoms with Gasteiger partial charge in [0.15, 0.2) is 11.5 Å². The third kappa shape index (κ3) is 2.60. The molecular weight excluding hydrogens is 290 g/mol. The zero-order valence-corrected chi connectivity index (χ0v) is 12.1. The molecule has 2 N–H and O–H groups in total. The molecule has 0 aromatic carbocycles. The Labute approximate surface area is 123 Å². The lowest BCUT2D eigenvalue weighted by molar-refractivity contribution is 0.805. The number of aromatic nitrogens is 6. The van der Waals surface area contributed by atoms with E-state index in [0.717, 1.165) is 0 Å². The molecule has 21 heavy (non-hydrogen) atoms. The summed E-state index contributed by atoms with van der Waals surface area (Å²) in [5.74, 6) is 1.36.